The number of rotatable bonds is 6. The van der Waals surface area contributed by atoms with E-state index < -0.39 is 10.0 Å². The minimum atomic E-state index is -3.75. The van der Waals surface area contributed by atoms with Crippen molar-refractivity contribution in [3.63, 3.8) is 0 Å². The normalized spacial score (nSPS) is 11.3. The van der Waals surface area contributed by atoms with Gasteiger partial charge in [-0.1, -0.05) is 12.1 Å². The molecule has 0 spiro atoms. The lowest BCUT2D eigenvalue weighted by Gasteiger charge is -2.15. The first kappa shape index (κ1) is 25.0. The van der Waals surface area contributed by atoms with Crippen LogP contribution in [0.4, 0.5) is 11.6 Å². The standard InChI is InChI=1S/C28H24N6O3S/c1-17-14-21(20-6-10-23(11-7-20)38(30,35)36)15-18(2)26(17)37-27-25-24(12-13-34(25)3)32-28(33-27)31-22-8-4-19(16-29)5-9-22/h4-15H,1-3H3,(H2,30,35,36)(H,31,32,33). The molecule has 0 atom stereocenters. The average Bonchev–Trinajstić information content (AvgIpc) is 3.26. The molecule has 190 valence electrons. The molecule has 0 fully saturated rings. The fourth-order valence-electron chi connectivity index (χ4n) is 4.25. The van der Waals surface area contributed by atoms with Crippen LogP contribution in [0.5, 0.6) is 11.6 Å². The van der Waals surface area contributed by atoms with Crippen LogP contribution < -0.4 is 15.2 Å². The lowest BCUT2D eigenvalue weighted by atomic mass is 10.00. The first-order chi connectivity index (χ1) is 18.1. The molecule has 3 N–H and O–H groups in total. The zero-order chi connectivity index (χ0) is 27.0. The molecule has 10 heteroatoms. The number of primary sulfonamides is 1. The Morgan fingerprint density at radius 3 is 2.21 bits per heavy atom. The van der Waals surface area contributed by atoms with E-state index in [-0.39, 0.29) is 4.90 Å². The second kappa shape index (κ2) is 9.63. The van der Waals surface area contributed by atoms with Crippen LogP contribution >= 0.6 is 0 Å². The molecule has 0 amide bonds. The van der Waals surface area contributed by atoms with Crippen molar-refractivity contribution in [2.24, 2.45) is 12.2 Å². The summed E-state index contributed by atoms with van der Waals surface area (Å²) >= 11 is 0. The summed E-state index contributed by atoms with van der Waals surface area (Å²) in [5, 5.41) is 17.4. The Morgan fingerprint density at radius 1 is 0.947 bits per heavy atom. The van der Waals surface area contributed by atoms with Gasteiger partial charge in [0, 0.05) is 18.9 Å². The summed E-state index contributed by atoms with van der Waals surface area (Å²) in [6.07, 6.45) is 1.89. The van der Waals surface area contributed by atoms with Crippen molar-refractivity contribution in [3.8, 4) is 28.8 Å². The highest BCUT2D eigenvalue weighted by molar-refractivity contribution is 7.89. The third kappa shape index (κ3) is 4.93. The first-order valence-electron chi connectivity index (χ1n) is 11.6. The third-order valence-electron chi connectivity index (χ3n) is 6.13. The predicted molar refractivity (Wildman–Crippen MR) is 146 cm³/mol. The summed E-state index contributed by atoms with van der Waals surface area (Å²) in [7, 11) is -1.85. The smallest absolute Gasteiger partial charge is 0.249 e. The van der Waals surface area contributed by atoms with Gasteiger partial charge in [-0.25, -0.2) is 18.5 Å². The Kier molecular flexibility index (Phi) is 6.32. The summed E-state index contributed by atoms with van der Waals surface area (Å²) in [5.74, 6) is 1.43. The lowest BCUT2D eigenvalue weighted by Crippen LogP contribution is -2.11. The minimum absolute atomic E-state index is 0.0652. The van der Waals surface area contributed by atoms with Crippen LogP contribution in [-0.2, 0) is 17.1 Å². The molecule has 0 saturated heterocycles. The van der Waals surface area contributed by atoms with Gasteiger partial charge >= 0.3 is 0 Å². The number of hydrogen-bond acceptors (Lipinski definition) is 7. The Balaban J connectivity index is 1.50. The van der Waals surface area contributed by atoms with Gasteiger partial charge in [-0.2, -0.15) is 10.2 Å². The molecule has 38 heavy (non-hydrogen) atoms. The van der Waals surface area contributed by atoms with Crippen LogP contribution in [0.2, 0.25) is 0 Å². The Labute approximate surface area is 220 Å². The maximum Gasteiger partial charge on any atom is 0.249 e. The van der Waals surface area contributed by atoms with Crippen LogP contribution in [0.1, 0.15) is 16.7 Å². The van der Waals surface area contributed by atoms with E-state index in [9.17, 15) is 8.42 Å². The van der Waals surface area contributed by atoms with E-state index in [2.05, 4.69) is 21.4 Å². The van der Waals surface area contributed by atoms with E-state index >= 15 is 0 Å². The summed E-state index contributed by atoms with van der Waals surface area (Å²) in [6, 6.07) is 21.4. The predicted octanol–water partition coefficient (Wildman–Crippen LogP) is 5.31. The molecule has 0 aliphatic carbocycles. The molecule has 0 aliphatic rings. The summed E-state index contributed by atoms with van der Waals surface area (Å²) in [4.78, 5) is 9.35. The van der Waals surface area contributed by atoms with Crippen molar-refractivity contribution < 1.29 is 13.2 Å². The molecule has 0 radical (unpaired) electrons. The lowest BCUT2D eigenvalue weighted by molar-refractivity contribution is 0.459. The van der Waals surface area contributed by atoms with Crippen molar-refractivity contribution >= 4 is 32.7 Å². The zero-order valence-electron chi connectivity index (χ0n) is 20.9. The molecule has 9 nitrogen and oxygen atoms in total. The number of hydrogen-bond donors (Lipinski definition) is 2. The number of anilines is 2. The van der Waals surface area contributed by atoms with Gasteiger partial charge in [0.05, 0.1) is 22.0 Å². The number of sulfonamides is 1. The molecule has 0 aliphatic heterocycles. The van der Waals surface area contributed by atoms with Crippen LogP contribution in [0.25, 0.3) is 22.2 Å². The van der Waals surface area contributed by atoms with E-state index in [0.29, 0.717) is 23.1 Å². The van der Waals surface area contributed by atoms with Crippen LogP contribution in [0.3, 0.4) is 0 Å². The number of benzene rings is 3. The average molecular weight is 525 g/mol. The van der Waals surface area contributed by atoms with Crippen molar-refractivity contribution in [2.45, 2.75) is 18.7 Å². The topological polar surface area (TPSA) is 136 Å². The molecule has 5 rings (SSSR count). The van der Waals surface area contributed by atoms with E-state index in [1.54, 1.807) is 36.4 Å². The van der Waals surface area contributed by atoms with Gasteiger partial charge in [0.25, 0.3) is 0 Å². The molecule has 0 unspecified atom stereocenters. The monoisotopic (exact) mass is 524 g/mol. The number of aryl methyl sites for hydroxylation is 3. The van der Waals surface area contributed by atoms with Gasteiger partial charge in [-0.05, 0) is 90.7 Å². The van der Waals surface area contributed by atoms with Crippen LogP contribution in [-0.4, -0.2) is 23.0 Å². The van der Waals surface area contributed by atoms with Crippen molar-refractivity contribution in [3.05, 3.63) is 89.6 Å². The van der Waals surface area contributed by atoms with Crippen molar-refractivity contribution in [1.82, 2.24) is 14.5 Å². The largest absolute Gasteiger partial charge is 0.436 e. The van der Waals surface area contributed by atoms with E-state index in [0.717, 1.165) is 39.0 Å². The number of nitrogens with zero attached hydrogens (tertiary/aromatic N) is 4. The van der Waals surface area contributed by atoms with Crippen LogP contribution in [0, 0.1) is 25.2 Å². The second-order valence-corrected chi connectivity index (χ2v) is 10.5. The van der Waals surface area contributed by atoms with Gasteiger partial charge in [-0.15, -0.1) is 0 Å². The maximum atomic E-state index is 11.6. The number of nitrogens with one attached hydrogen (secondary N) is 1. The van der Waals surface area contributed by atoms with Gasteiger partial charge in [0.1, 0.15) is 11.3 Å². The summed E-state index contributed by atoms with van der Waals surface area (Å²) in [6.45, 7) is 3.90. The fraction of sp³-hybridized carbons (Fsp3) is 0.107. The zero-order valence-corrected chi connectivity index (χ0v) is 21.7. The highest BCUT2D eigenvalue weighted by atomic mass is 32.2. The first-order valence-corrected chi connectivity index (χ1v) is 13.2. The second-order valence-electron chi connectivity index (χ2n) is 8.94. The summed E-state index contributed by atoms with van der Waals surface area (Å²) < 4.78 is 31.5. The van der Waals surface area contributed by atoms with Crippen LogP contribution in [0.15, 0.2) is 77.8 Å². The Morgan fingerprint density at radius 2 is 1.61 bits per heavy atom. The Bertz CT molecular complexity index is 1800. The number of fused-ring (bicyclic) bond motifs is 1. The van der Waals surface area contributed by atoms with E-state index in [4.69, 9.17) is 15.1 Å². The molecular formula is C28H24N6O3S. The fourth-order valence-corrected chi connectivity index (χ4v) is 4.77. The van der Waals surface area contributed by atoms with E-state index in [1.165, 1.54) is 12.1 Å². The molecule has 0 bridgehead atoms. The quantitative estimate of drug-likeness (QED) is 0.307. The Hall–Kier alpha value is -4.72. The molecule has 5 aromatic rings. The van der Waals surface area contributed by atoms with E-state index in [1.807, 2.05) is 49.9 Å². The molecule has 0 saturated carbocycles. The molecular weight excluding hydrogens is 500 g/mol. The highest BCUT2D eigenvalue weighted by Gasteiger charge is 2.17. The number of nitrogens with two attached hydrogens (primary N) is 1. The van der Waals surface area contributed by atoms with Gasteiger partial charge in [-0.3, -0.25) is 0 Å². The van der Waals surface area contributed by atoms with Gasteiger partial charge < -0.3 is 14.6 Å². The van der Waals surface area contributed by atoms with Gasteiger partial charge in [0.15, 0.2) is 0 Å². The van der Waals surface area contributed by atoms with Gasteiger partial charge in [0.2, 0.25) is 21.9 Å². The number of ether oxygens (including phenoxy) is 1. The summed E-state index contributed by atoms with van der Waals surface area (Å²) in [5.41, 5.74) is 6.33. The third-order valence-corrected chi connectivity index (χ3v) is 7.06. The minimum Gasteiger partial charge on any atom is -0.436 e. The molecule has 2 aromatic heterocycles. The maximum absolute atomic E-state index is 11.6. The van der Waals surface area contributed by atoms with Crippen molar-refractivity contribution in [2.75, 3.05) is 5.32 Å². The van der Waals surface area contributed by atoms with Crippen molar-refractivity contribution in [1.29, 1.82) is 5.26 Å². The molecule has 2 heterocycles. The molecule has 3 aromatic carbocycles. The number of nitriles is 1. The SMILES string of the molecule is Cc1cc(-c2ccc(S(N)(=O)=O)cc2)cc(C)c1Oc1nc(Nc2ccc(C#N)cc2)nc2ccn(C)c12. The highest BCUT2D eigenvalue weighted by Crippen LogP contribution is 2.36. The number of aromatic nitrogens is 3.